The lowest BCUT2D eigenvalue weighted by atomic mass is 10.00. The van der Waals surface area contributed by atoms with Crippen molar-refractivity contribution in [3.05, 3.63) is 58.4 Å². The molecule has 0 spiro atoms. The molecule has 0 N–H and O–H groups in total. The second kappa shape index (κ2) is 8.49. The molecule has 158 valence electrons. The van der Waals surface area contributed by atoms with E-state index in [1.165, 1.54) is 22.5 Å². The lowest BCUT2D eigenvalue weighted by molar-refractivity contribution is 0.0526. The number of hydrogen-bond donors (Lipinski definition) is 0. The molecule has 2 heterocycles. The van der Waals surface area contributed by atoms with E-state index in [1.807, 2.05) is 24.3 Å². The molecule has 0 aliphatic carbocycles. The van der Waals surface area contributed by atoms with E-state index in [9.17, 15) is 13.2 Å². The number of para-hydroxylation sites is 2. The SMILES string of the molecule is CCOC(=O)c1ccc(S(=O)(=O)N2CCCC(c3nc4ccccc4o3)C2)c(Br)c1. The summed E-state index contributed by atoms with van der Waals surface area (Å²) >= 11 is 3.31. The van der Waals surface area contributed by atoms with Gasteiger partial charge in [-0.3, -0.25) is 0 Å². The summed E-state index contributed by atoms with van der Waals surface area (Å²) < 4.78 is 39.2. The highest BCUT2D eigenvalue weighted by Crippen LogP contribution is 2.33. The minimum atomic E-state index is -3.75. The number of rotatable bonds is 5. The average molecular weight is 493 g/mol. The Balaban J connectivity index is 1.58. The van der Waals surface area contributed by atoms with Gasteiger partial charge >= 0.3 is 5.97 Å². The second-order valence-corrected chi connectivity index (χ2v) is 9.85. The van der Waals surface area contributed by atoms with Gasteiger partial charge in [-0.2, -0.15) is 4.31 Å². The highest BCUT2D eigenvalue weighted by atomic mass is 79.9. The van der Waals surface area contributed by atoms with Gasteiger partial charge in [0.05, 0.1) is 17.1 Å². The zero-order valence-corrected chi connectivity index (χ0v) is 18.8. The van der Waals surface area contributed by atoms with Crippen LogP contribution >= 0.6 is 15.9 Å². The van der Waals surface area contributed by atoms with E-state index < -0.39 is 16.0 Å². The van der Waals surface area contributed by atoms with Crippen LogP contribution in [0.2, 0.25) is 0 Å². The molecule has 1 atom stereocenters. The Morgan fingerprint density at radius 1 is 1.30 bits per heavy atom. The van der Waals surface area contributed by atoms with Gasteiger partial charge in [0.15, 0.2) is 11.5 Å². The third-order valence-corrected chi connectivity index (χ3v) is 7.95. The van der Waals surface area contributed by atoms with Gasteiger partial charge in [-0.25, -0.2) is 18.2 Å². The number of benzene rings is 2. The van der Waals surface area contributed by atoms with Crippen LogP contribution in [-0.4, -0.2) is 43.4 Å². The Kier molecular flexibility index (Phi) is 5.95. The highest BCUT2D eigenvalue weighted by Gasteiger charge is 2.34. The Morgan fingerprint density at radius 3 is 2.83 bits per heavy atom. The van der Waals surface area contributed by atoms with Gasteiger partial charge in [0.2, 0.25) is 10.0 Å². The molecule has 1 aromatic heterocycles. The van der Waals surface area contributed by atoms with E-state index in [0.29, 0.717) is 41.0 Å². The first-order valence-corrected chi connectivity index (χ1v) is 12.0. The number of ether oxygens (including phenoxy) is 1. The summed E-state index contributed by atoms with van der Waals surface area (Å²) in [6, 6.07) is 11.9. The van der Waals surface area contributed by atoms with Crippen molar-refractivity contribution in [3.8, 4) is 0 Å². The summed E-state index contributed by atoms with van der Waals surface area (Å²) in [5.74, 6) is -0.0394. The number of aromatic nitrogens is 1. The molecule has 1 unspecified atom stereocenters. The molecule has 1 saturated heterocycles. The molecule has 9 heteroatoms. The topological polar surface area (TPSA) is 89.7 Å². The number of fused-ring (bicyclic) bond motifs is 1. The second-order valence-electron chi connectivity index (χ2n) is 7.09. The maximum absolute atomic E-state index is 13.3. The average Bonchev–Trinajstić information content (AvgIpc) is 3.18. The van der Waals surface area contributed by atoms with E-state index in [4.69, 9.17) is 9.15 Å². The number of nitrogens with zero attached hydrogens (tertiary/aromatic N) is 2. The first-order valence-electron chi connectivity index (χ1n) is 9.72. The summed E-state index contributed by atoms with van der Waals surface area (Å²) in [7, 11) is -3.75. The zero-order valence-electron chi connectivity index (χ0n) is 16.4. The van der Waals surface area contributed by atoms with Crippen LogP contribution in [-0.2, 0) is 14.8 Å². The number of carbonyl (C=O) groups is 1. The summed E-state index contributed by atoms with van der Waals surface area (Å²) in [5.41, 5.74) is 1.76. The number of halogens is 1. The third-order valence-electron chi connectivity index (χ3n) is 5.10. The molecule has 2 aromatic carbocycles. The fourth-order valence-corrected chi connectivity index (χ4v) is 6.18. The zero-order chi connectivity index (χ0) is 21.3. The summed E-state index contributed by atoms with van der Waals surface area (Å²) in [5, 5.41) is 0. The fraction of sp³-hybridized carbons (Fsp3) is 0.333. The number of hydrogen-bond acceptors (Lipinski definition) is 6. The number of carbonyl (C=O) groups excluding carboxylic acids is 1. The molecule has 1 fully saturated rings. The van der Waals surface area contributed by atoms with Crippen molar-refractivity contribution in [2.24, 2.45) is 0 Å². The van der Waals surface area contributed by atoms with Crippen LogP contribution in [0.25, 0.3) is 11.1 Å². The van der Waals surface area contributed by atoms with Crippen molar-refractivity contribution in [2.75, 3.05) is 19.7 Å². The molecule has 4 rings (SSSR count). The third kappa shape index (κ3) is 4.01. The van der Waals surface area contributed by atoms with Crippen LogP contribution in [0.3, 0.4) is 0 Å². The van der Waals surface area contributed by atoms with Crippen molar-refractivity contribution in [1.82, 2.24) is 9.29 Å². The lowest BCUT2D eigenvalue weighted by Crippen LogP contribution is -2.39. The first kappa shape index (κ1) is 21.0. The summed E-state index contributed by atoms with van der Waals surface area (Å²) in [6.45, 7) is 2.68. The molecular formula is C21H21BrN2O5S. The monoisotopic (exact) mass is 492 g/mol. The van der Waals surface area contributed by atoms with Gasteiger partial charge in [-0.15, -0.1) is 0 Å². The molecule has 0 bridgehead atoms. The molecule has 3 aromatic rings. The minimum Gasteiger partial charge on any atom is -0.462 e. The van der Waals surface area contributed by atoms with Crippen molar-refractivity contribution >= 4 is 43.0 Å². The Hall–Kier alpha value is -2.23. The molecule has 1 aliphatic heterocycles. The van der Waals surface area contributed by atoms with Crippen LogP contribution < -0.4 is 0 Å². The van der Waals surface area contributed by atoms with Gasteiger partial charge in [-0.05, 0) is 66.0 Å². The smallest absolute Gasteiger partial charge is 0.338 e. The summed E-state index contributed by atoms with van der Waals surface area (Å²) in [6.07, 6.45) is 1.52. The van der Waals surface area contributed by atoms with Gasteiger partial charge in [0, 0.05) is 23.5 Å². The Labute approximate surface area is 183 Å². The molecule has 1 aliphatic rings. The van der Waals surface area contributed by atoms with Crippen molar-refractivity contribution in [3.63, 3.8) is 0 Å². The Bertz CT molecular complexity index is 1160. The van der Waals surface area contributed by atoms with E-state index in [1.54, 1.807) is 6.92 Å². The van der Waals surface area contributed by atoms with Crippen molar-refractivity contribution in [2.45, 2.75) is 30.6 Å². The van der Waals surface area contributed by atoms with Gasteiger partial charge in [-0.1, -0.05) is 12.1 Å². The standard InChI is InChI=1S/C21H21BrN2O5S/c1-2-28-21(25)14-9-10-19(16(22)12-14)30(26,27)24-11-5-6-15(13-24)20-23-17-7-3-4-8-18(17)29-20/h3-4,7-10,12,15H,2,5-6,11,13H2,1H3. The summed E-state index contributed by atoms with van der Waals surface area (Å²) in [4.78, 5) is 16.6. The number of oxazole rings is 1. The van der Waals surface area contributed by atoms with Gasteiger partial charge < -0.3 is 9.15 Å². The van der Waals surface area contributed by atoms with Crippen LogP contribution in [0.5, 0.6) is 0 Å². The molecule has 0 radical (unpaired) electrons. The fourth-order valence-electron chi connectivity index (χ4n) is 3.62. The molecule has 0 saturated carbocycles. The van der Waals surface area contributed by atoms with Gasteiger partial charge in [0.1, 0.15) is 5.52 Å². The molecular weight excluding hydrogens is 472 g/mol. The largest absolute Gasteiger partial charge is 0.462 e. The van der Waals surface area contributed by atoms with Crippen LogP contribution in [0.4, 0.5) is 0 Å². The Morgan fingerprint density at radius 2 is 2.10 bits per heavy atom. The predicted octanol–water partition coefficient (Wildman–Crippen LogP) is 4.34. The molecule has 30 heavy (non-hydrogen) atoms. The normalized spacial score (nSPS) is 17.9. The number of piperidine rings is 1. The van der Waals surface area contributed by atoms with E-state index in [-0.39, 0.29) is 17.4 Å². The van der Waals surface area contributed by atoms with E-state index >= 15 is 0 Å². The number of esters is 1. The first-order chi connectivity index (χ1) is 14.4. The maximum Gasteiger partial charge on any atom is 0.338 e. The van der Waals surface area contributed by atoms with Crippen LogP contribution in [0, 0.1) is 0 Å². The molecule has 0 amide bonds. The van der Waals surface area contributed by atoms with Crippen LogP contribution in [0.15, 0.2) is 56.2 Å². The predicted molar refractivity (Wildman–Crippen MR) is 115 cm³/mol. The van der Waals surface area contributed by atoms with Crippen LogP contribution in [0.1, 0.15) is 41.9 Å². The van der Waals surface area contributed by atoms with Crippen molar-refractivity contribution in [1.29, 1.82) is 0 Å². The molecule has 7 nitrogen and oxygen atoms in total. The van der Waals surface area contributed by atoms with Crippen molar-refractivity contribution < 1.29 is 22.4 Å². The number of sulfonamides is 1. The minimum absolute atomic E-state index is 0.112. The maximum atomic E-state index is 13.3. The van der Waals surface area contributed by atoms with E-state index in [0.717, 1.165) is 11.9 Å². The lowest BCUT2D eigenvalue weighted by Gasteiger charge is -2.30. The van der Waals surface area contributed by atoms with Gasteiger partial charge in [0.25, 0.3) is 0 Å². The quantitative estimate of drug-likeness (QED) is 0.492. The van der Waals surface area contributed by atoms with E-state index in [2.05, 4.69) is 20.9 Å². The highest BCUT2D eigenvalue weighted by molar-refractivity contribution is 9.10.